The Morgan fingerprint density at radius 2 is 1.08 bits per heavy atom. The lowest BCUT2D eigenvalue weighted by Gasteiger charge is -2.25. The minimum atomic E-state index is -0.891. The Morgan fingerprint density at radius 3 is 1.41 bits per heavy atom. The van der Waals surface area contributed by atoms with Gasteiger partial charge in [0.15, 0.2) is 33.9 Å². The van der Waals surface area contributed by atoms with E-state index in [4.69, 9.17) is 18.9 Å². The Balaban J connectivity index is 2.13. The van der Waals surface area contributed by atoms with Gasteiger partial charge in [0.1, 0.15) is 11.5 Å². The monoisotopic (exact) mass is 534 g/mol. The summed E-state index contributed by atoms with van der Waals surface area (Å²) >= 11 is 0. The fourth-order valence-corrected chi connectivity index (χ4v) is 6.13. The van der Waals surface area contributed by atoms with Gasteiger partial charge in [-0.3, -0.25) is 9.59 Å². The molecule has 2 unspecified atom stereocenters. The molecule has 0 amide bonds. The summed E-state index contributed by atoms with van der Waals surface area (Å²) in [6, 6.07) is 2.49. The van der Waals surface area contributed by atoms with E-state index in [1.807, 2.05) is 0 Å². The Labute approximate surface area is 220 Å². The summed E-state index contributed by atoms with van der Waals surface area (Å²) in [5.74, 6) is -0.447. The molecule has 1 aliphatic rings. The van der Waals surface area contributed by atoms with Crippen LogP contribution in [0.1, 0.15) is 25.0 Å². The SMILES string of the molecule is COc1c(O)c2c(=O)cc3c4c5c(cc(=O)c6c(O)c(OC)c(CC(C)O)c(c(c1CC(C)O)c24)c65)OCO3. The number of fused-ring (bicyclic) bond motifs is 1. The predicted molar refractivity (Wildman–Crippen MR) is 145 cm³/mol. The molecule has 0 fully saturated rings. The standard InChI is InChI=1S/C29H26O10/c1-10(30)5-12-18-19-13(6-11(2)31)29(37-4)27(35)21-15(33)8-17-23(25(19)21)22-16(38-9-39-17)7-14(32)20(24(18)22)26(34)28(12)36-3/h7-8,10-11,30-31,34-35H,5-6,9H2,1-4H3. The van der Waals surface area contributed by atoms with E-state index in [0.29, 0.717) is 43.4 Å². The van der Waals surface area contributed by atoms with E-state index in [-0.39, 0.29) is 53.4 Å². The minimum Gasteiger partial charge on any atom is -0.504 e. The molecule has 0 radical (unpaired) electrons. The van der Waals surface area contributed by atoms with E-state index >= 15 is 0 Å². The first-order chi connectivity index (χ1) is 18.6. The molecule has 0 aliphatic carbocycles. The number of hydrogen-bond acceptors (Lipinski definition) is 10. The van der Waals surface area contributed by atoms with Crippen molar-refractivity contribution < 1.29 is 39.4 Å². The highest BCUT2D eigenvalue weighted by Gasteiger charge is 2.33. The molecule has 10 nitrogen and oxygen atoms in total. The van der Waals surface area contributed by atoms with Crippen LogP contribution in [-0.4, -0.2) is 53.6 Å². The number of hydrogen-bond donors (Lipinski definition) is 4. The zero-order valence-corrected chi connectivity index (χ0v) is 21.7. The summed E-state index contributed by atoms with van der Waals surface area (Å²) in [5, 5.41) is 45.9. The van der Waals surface area contributed by atoms with Gasteiger partial charge in [-0.1, -0.05) is 0 Å². The Morgan fingerprint density at radius 1 is 0.692 bits per heavy atom. The predicted octanol–water partition coefficient (Wildman–Crippen LogP) is 2.90. The molecule has 4 N–H and O–H groups in total. The Bertz CT molecular complexity index is 1790. The van der Waals surface area contributed by atoms with E-state index in [1.165, 1.54) is 26.4 Å². The maximum Gasteiger partial charge on any atom is 0.230 e. The van der Waals surface area contributed by atoms with Crippen LogP contribution in [0.5, 0.6) is 34.5 Å². The lowest BCUT2D eigenvalue weighted by atomic mass is 9.82. The summed E-state index contributed by atoms with van der Waals surface area (Å²) in [6.07, 6.45) is -1.76. The van der Waals surface area contributed by atoms with E-state index in [2.05, 4.69) is 0 Å². The third kappa shape index (κ3) is 3.28. The topological polar surface area (TPSA) is 152 Å². The second-order valence-corrected chi connectivity index (χ2v) is 9.98. The molecule has 1 aliphatic heterocycles. The Kier molecular flexibility index (Phi) is 5.53. The normalized spacial score (nSPS) is 14.6. The zero-order valence-electron chi connectivity index (χ0n) is 21.7. The van der Waals surface area contributed by atoms with Gasteiger partial charge in [0.25, 0.3) is 0 Å². The highest BCUT2D eigenvalue weighted by atomic mass is 16.7. The molecule has 0 aromatic heterocycles. The number of rotatable bonds is 6. The zero-order chi connectivity index (χ0) is 27.9. The fraction of sp³-hybridized carbons (Fsp3) is 0.310. The molecule has 0 bridgehead atoms. The van der Waals surface area contributed by atoms with Crippen LogP contribution in [0.2, 0.25) is 0 Å². The third-order valence-electron chi connectivity index (χ3n) is 7.40. The highest BCUT2D eigenvalue weighted by molar-refractivity contribution is 6.38. The molecule has 202 valence electrons. The maximum atomic E-state index is 13.5. The number of benzene rings is 5. The lowest BCUT2D eigenvalue weighted by molar-refractivity contribution is 0.125. The number of aliphatic hydroxyl groups is 2. The van der Waals surface area contributed by atoms with Gasteiger partial charge in [-0.05, 0) is 24.6 Å². The first-order valence-corrected chi connectivity index (χ1v) is 12.4. The number of phenols is 2. The van der Waals surface area contributed by atoms with E-state index in [0.717, 1.165) is 0 Å². The molecule has 0 spiro atoms. The van der Waals surface area contributed by atoms with E-state index < -0.39 is 34.6 Å². The molecular formula is C29H26O10. The van der Waals surface area contributed by atoms with Crippen molar-refractivity contribution in [2.24, 2.45) is 0 Å². The molecule has 39 heavy (non-hydrogen) atoms. The van der Waals surface area contributed by atoms with Crippen molar-refractivity contribution in [3.05, 3.63) is 43.7 Å². The van der Waals surface area contributed by atoms with Crippen LogP contribution in [0.4, 0.5) is 0 Å². The average Bonchev–Trinajstić information content (AvgIpc) is 3.03. The third-order valence-corrected chi connectivity index (χ3v) is 7.40. The van der Waals surface area contributed by atoms with Crippen LogP contribution in [0, 0.1) is 0 Å². The van der Waals surface area contributed by atoms with Crippen LogP contribution in [0.25, 0.3) is 43.1 Å². The van der Waals surface area contributed by atoms with Gasteiger partial charge in [-0.2, -0.15) is 0 Å². The van der Waals surface area contributed by atoms with Crippen molar-refractivity contribution in [1.29, 1.82) is 0 Å². The number of ether oxygens (including phenoxy) is 4. The molecule has 5 aromatic carbocycles. The van der Waals surface area contributed by atoms with Crippen LogP contribution in [0.15, 0.2) is 21.7 Å². The van der Waals surface area contributed by atoms with Crippen molar-refractivity contribution in [3.63, 3.8) is 0 Å². The number of aliphatic hydroxyl groups excluding tert-OH is 2. The molecule has 10 heteroatoms. The van der Waals surface area contributed by atoms with Gasteiger partial charge in [0.05, 0.1) is 37.2 Å². The number of aromatic hydroxyl groups is 2. The van der Waals surface area contributed by atoms with Crippen LogP contribution < -0.4 is 29.8 Å². The smallest absolute Gasteiger partial charge is 0.230 e. The number of methoxy groups -OCH3 is 2. The summed E-state index contributed by atoms with van der Waals surface area (Å²) in [4.78, 5) is 26.9. The maximum absolute atomic E-state index is 13.5. The van der Waals surface area contributed by atoms with Crippen LogP contribution in [0.3, 0.4) is 0 Å². The van der Waals surface area contributed by atoms with Gasteiger partial charge >= 0.3 is 0 Å². The minimum absolute atomic E-state index is 0.00798. The fourth-order valence-electron chi connectivity index (χ4n) is 6.13. The molecular weight excluding hydrogens is 508 g/mol. The lowest BCUT2D eigenvalue weighted by Crippen LogP contribution is -2.13. The molecule has 5 aromatic rings. The van der Waals surface area contributed by atoms with E-state index in [1.54, 1.807) is 13.8 Å². The van der Waals surface area contributed by atoms with Crippen LogP contribution in [-0.2, 0) is 12.8 Å². The van der Waals surface area contributed by atoms with Gasteiger partial charge in [-0.15, -0.1) is 0 Å². The van der Waals surface area contributed by atoms with Crippen molar-refractivity contribution in [1.82, 2.24) is 0 Å². The van der Waals surface area contributed by atoms with Gasteiger partial charge < -0.3 is 39.4 Å². The summed E-state index contributed by atoms with van der Waals surface area (Å²) < 4.78 is 22.8. The second-order valence-electron chi connectivity index (χ2n) is 9.98. The first-order valence-electron chi connectivity index (χ1n) is 12.4. The largest absolute Gasteiger partial charge is 0.504 e. The Hall–Kier alpha value is -4.28. The quantitative estimate of drug-likeness (QED) is 0.189. The molecule has 1 heterocycles. The molecule has 6 rings (SSSR count). The first kappa shape index (κ1) is 25.0. The van der Waals surface area contributed by atoms with Crippen molar-refractivity contribution in [3.8, 4) is 34.5 Å². The van der Waals surface area contributed by atoms with Crippen molar-refractivity contribution in [2.45, 2.75) is 38.9 Å². The molecule has 2 atom stereocenters. The molecule has 0 saturated carbocycles. The van der Waals surface area contributed by atoms with Gasteiger partial charge in [0.2, 0.25) is 6.79 Å². The second kappa shape index (κ2) is 8.62. The highest BCUT2D eigenvalue weighted by Crippen LogP contribution is 2.55. The molecule has 0 saturated heterocycles. The van der Waals surface area contributed by atoms with Crippen LogP contribution >= 0.6 is 0 Å². The van der Waals surface area contributed by atoms with Gasteiger partial charge in [-0.25, -0.2) is 0 Å². The average molecular weight is 535 g/mol. The summed E-state index contributed by atoms with van der Waals surface area (Å²) in [5.41, 5.74) is -0.314. The summed E-state index contributed by atoms with van der Waals surface area (Å²) in [6.45, 7) is 2.86. The van der Waals surface area contributed by atoms with E-state index in [9.17, 15) is 30.0 Å². The number of phenolic OH excluding ortho intramolecular Hbond substituents is 2. The summed E-state index contributed by atoms with van der Waals surface area (Å²) in [7, 11) is 2.69. The van der Waals surface area contributed by atoms with Crippen molar-refractivity contribution >= 4 is 43.1 Å². The van der Waals surface area contributed by atoms with Crippen molar-refractivity contribution in [2.75, 3.05) is 21.0 Å². The van der Waals surface area contributed by atoms with Gasteiger partial charge in [0, 0.05) is 57.6 Å².